The van der Waals surface area contributed by atoms with E-state index in [9.17, 15) is 4.79 Å². The normalized spacial score (nSPS) is 17.4. The molecular formula is C20H31ClN2O. The molecule has 0 unspecified atom stereocenters. The summed E-state index contributed by atoms with van der Waals surface area (Å²) < 4.78 is 0. The molecule has 1 amide bonds. The third-order valence-corrected chi connectivity index (χ3v) is 5.24. The number of halogens is 1. The molecule has 2 rings (SSSR count). The summed E-state index contributed by atoms with van der Waals surface area (Å²) in [4.78, 5) is 15.1. The highest BCUT2D eigenvalue weighted by atomic mass is 35.5. The van der Waals surface area contributed by atoms with Crippen LogP contribution >= 0.6 is 11.6 Å². The van der Waals surface area contributed by atoms with Crippen LogP contribution in [-0.2, 0) is 4.79 Å². The molecule has 4 heteroatoms. The molecule has 0 radical (unpaired) electrons. The maximum Gasteiger partial charge on any atom is 0.245 e. The van der Waals surface area contributed by atoms with Crippen molar-refractivity contribution in [3.8, 4) is 0 Å². The molecule has 24 heavy (non-hydrogen) atoms. The molecule has 0 bridgehead atoms. The minimum Gasteiger partial charge on any atom is -0.374 e. The van der Waals surface area contributed by atoms with Crippen LogP contribution in [-0.4, -0.2) is 29.9 Å². The first-order chi connectivity index (χ1) is 11.4. The van der Waals surface area contributed by atoms with Gasteiger partial charge in [0.1, 0.15) is 6.04 Å². The summed E-state index contributed by atoms with van der Waals surface area (Å²) in [5, 5.41) is 4.13. The number of hydrogen-bond donors (Lipinski definition) is 1. The molecule has 1 aliphatic rings. The lowest BCUT2D eigenvalue weighted by atomic mass is 9.86. The molecule has 1 N–H and O–H groups in total. The van der Waals surface area contributed by atoms with E-state index in [0.717, 1.165) is 44.0 Å². The van der Waals surface area contributed by atoms with Crippen LogP contribution in [0.2, 0.25) is 5.02 Å². The van der Waals surface area contributed by atoms with Crippen molar-refractivity contribution in [1.29, 1.82) is 0 Å². The van der Waals surface area contributed by atoms with Crippen LogP contribution in [0.5, 0.6) is 0 Å². The van der Waals surface area contributed by atoms with Crippen LogP contribution in [0.3, 0.4) is 0 Å². The molecule has 1 atom stereocenters. The van der Waals surface area contributed by atoms with Crippen molar-refractivity contribution in [3.63, 3.8) is 0 Å². The van der Waals surface area contributed by atoms with Gasteiger partial charge in [0.05, 0.1) is 0 Å². The fourth-order valence-electron chi connectivity index (χ4n) is 3.45. The van der Waals surface area contributed by atoms with E-state index in [1.165, 1.54) is 0 Å². The number of piperidine rings is 1. The van der Waals surface area contributed by atoms with Crippen LogP contribution in [0.25, 0.3) is 0 Å². The Morgan fingerprint density at radius 1 is 1.17 bits per heavy atom. The lowest BCUT2D eigenvalue weighted by Gasteiger charge is -2.36. The maximum absolute atomic E-state index is 13.0. The molecule has 1 saturated heterocycles. The summed E-state index contributed by atoms with van der Waals surface area (Å²) in [5.74, 6) is 2.16. The second kappa shape index (κ2) is 8.75. The maximum atomic E-state index is 13.0. The fraction of sp³-hybridized carbons (Fsp3) is 0.650. The zero-order valence-corrected chi connectivity index (χ0v) is 16.1. The zero-order chi connectivity index (χ0) is 17.7. The minimum atomic E-state index is -0.165. The number of nitrogens with zero attached hydrogens (tertiary/aromatic N) is 1. The minimum absolute atomic E-state index is 0.165. The first-order valence-electron chi connectivity index (χ1n) is 9.17. The topological polar surface area (TPSA) is 32.3 Å². The Morgan fingerprint density at radius 3 is 2.25 bits per heavy atom. The van der Waals surface area contributed by atoms with E-state index in [-0.39, 0.29) is 11.9 Å². The summed E-state index contributed by atoms with van der Waals surface area (Å²) in [5.41, 5.74) is 0.954. The van der Waals surface area contributed by atoms with E-state index in [1.807, 2.05) is 24.3 Å². The molecular weight excluding hydrogens is 320 g/mol. The van der Waals surface area contributed by atoms with Gasteiger partial charge >= 0.3 is 0 Å². The fourth-order valence-corrected chi connectivity index (χ4v) is 3.57. The van der Waals surface area contributed by atoms with Gasteiger partial charge in [-0.1, -0.05) is 39.3 Å². The van der Waals surface area contributed by atoms with Crippen molar-refractivity contribution in [2.75, 3.05) is 18.4 Å². The number of likely N-dealkylation sites (tertiary alicyclic amines) is 1. The van der Waals surface area contributed by atoms with Crippen molar-refractivity contribution in [2.24, 2.45) is 17.8 Å². The second-order valence-corrected chi connectivity index (χ2v) is 8.18. The van der Waals surface area contributed by atoms with Crippen LogP contribution in [0.15, 0.2) is 24.3 Å². The monoisotopic (exact) mass is 350 g/mol. The molecule has 1 fully saturated rings. The molecule has 0 aliphatic carbocycles. The van der Waals surface area contributed by atoms with Gasteiger partial charge in [0, 0.05) is 23.8 Å². The van der Waals surface area contributed by atoms with Crippen molar-refractivity contribution < 1.29 is 4.79 Å². The molecule has 1 aromatic rings. The largest absolute Gasteiger partial charge is 0.374 e. The van der Waals surface area contributed by atoms with Gasteiger partial charge in [-0.15, -0.1) is 0 Å². The predicted octanol–water partition coefficient (Wildman–Crippen LogP) is 5.06. The first kappa shape index (κ1) is 19.1. The molecule has 1 heterocycles. The number of amides is 1. The first-order valence-corrected chi connectivity index (χ1v) is 9.55. The average Bonchev–Trinajstić information content (AvgIpc) is 2.55. The van der Waals surface area contributed by atoms with Gasteiger partial charge < -0.3 is 10.2 Å². The highest BCUT2D eigenvalue weighted by Gasteiger charge is 2.29. The number of benzene rings is 1. The number of carbonyl (C=O) groups is 1. The Kier molecular flexibility index (Phi) is 6.97. The van der Waals surface area contributed by atoms with Crippen LogP contribution < -0.4 is 5.32 Å². The van der Waals surface area contributed by atoms with Crippen LogP contribution in [0.4, 0.5) is 5.69 Å². The van der Waals surface area contributed by atoms with Gasteiger partial charge in [0.25, 0.3) is 0 Å². The van der Waals surface area contributed by atoms with Crippen molar-refractivity contribution in [3.05, 3.63) is 29.3 Å². The molecule has 0 saturated carbocycles. The van der Waals surface area contributed by atoms with Gasteiger partial charge in [0.15, 0.2) is 0 Å². The Balaban J connectivity index is 2.01. The van der Waals surface area contributed by atoms with Crippen molar-refractivity contribution in [2.45, 2.75) is 53.0 Å². The molecule has 3 nitrogen and oxygen atoms in total. The molecule has 0 aromatic heterocycles. The van der Waals surface area contributed by atoms with Crippen molar-refractivity contribution in [1.82, 2.24) is 4.90 Å². The molecule has 1 aromatic carbocycles. The Hall–Kier alpha value is -1.22. The van der Waals surface area contributed by atoms with E-state index >= 15 is 0 Å². The van der Waals surface area contributed by atoms with Gasteiger partial charge in [-0.2, -0.15) is 0 Å². The van der Waals surface area contributed by atoms with Gasteiger partial charge in [-0.05, 0) is 61.3 Å². The van der Waals surface area contributed by atoms with E-state index in [4.69, 9.17) is 11.6 Å². The summed E-state index contributed by atoms with van der Waals surface area (Å²) in [6.45, 7) is 10.7. The Morgan fingerprint density at radius 2 is 1.75 bits per heavy atom. The number of carbonyl (C=O) groups excluding carboxylic acids is 1. The third-order valence-electron chi connectivity index (χ3n) is 4.98. The lowest BCUT2D eigenvalue weighted by Crippen LogP contribution is -2.47. The van der Waals surface area contributed by atoms with E-state index < -0.39 is 0 Å². The number of hydrogen-bond acceptors (Lipinski definition) is 2. The van der Waals surface area contributed by atoms with Crippen molar-refractivity contribution >= 4 is 23.2 Å². The molecule has 134 valence electrons. The number of nitrogens with one attached hydrogen (secondary N) is 1. The number of anilines is 1. The lowest BCUT2D eigenvalue weighted by molar-refractivity contribution is -0.134. The molecule has 0 spiro atoms. The standard InChI is InChI=1S/C20H31ClN2O/c1-14(2)13-19(22-18-7-5-17(21)6-8-18)20(24)23-11-9-16(10-12-23)15(3)4/h5-8,14-16,19,22H,9-13H2,1-4H3/t19-/m0/s1. The SMILES string of the molecule is CC(C)C[C@H](Nc1ccc(Cl)cc1)C(=O)N1CCC(C(C)C)CC1. The third kappa shape index (κ3) is 5.41. The summed E-state index contributed by atoms with van der Waals surface area (Å²) in [7, 11) is 0. The predicted molar refractivity (Wildman–Crippen MR) is 102 cm³/mol. The average molecular weight is 351 g/mol. The zero-order valence-electron chi connectivity index (χ0n) is 15.4. The van der Waals surface area contributed by atoms with Gasteiger partial charge in [0.2, 0.25) is 5.91 Å². The highest BCUT2D eigenvalue weighted by molar-refractivity contribution is 6.30. The second-order valence-electron chi connectivity index (χ2n) is 7.74. The Bertz CT molecular complexity index is 519. The van der Waals surface area contributed by atoms with E-state index in [0.29, 0.717) is 16.9 Å². The summed E-state index contributed by atoms with van der Waals surface area (Å²) in [6.07, 6.45) is 3.09. The van der Waals surface area contributed by atoms with E-state index in [1.54, 1.807) is 0 Å². The smallest absolute Gasteiger partial charge is 0.245 e. The quantitative estimate of drug-likeness (QED) is 0.777. The highest BCUT2D eigenvalue weighted by Crippen LogP contribution is 2.26. The number of rotatable bonds is 6. The van der Waals surface area contributed by atoms with Crippen LogP contribution in [0, 0.1) is 17.8 Å². The summed E-state index contributed by atoms with van der Waals surface area (Å²) >= 11 is 5.95. The van der Waals surface area contributed by atoms with Gasteiger partial charge in [-0.25, -0.2) is 0 Å². The summed E-state index contributed by atoms with van der Waals surface area (Å²) in [6, 6.07) is 7.42. The van der Waals surface area contributed by atoms with E-state index in [2.05, 4.69) is 37.9 Å². The Labute approximate surface area is 151 Å². The van der Waals surface area contributed by atoms with Crippen LogP contribution in [0.1, 0.15) is 47.0 Å². The van der Waals surface area contributed by atoms with Gasteiger partial charge in [-0.3, -0.25) is 4.79 Å². The molecule has 1 aliphatic heterocycles.